The highest BCUT2D eigenvalue weighted by Gasteiger charge is 2.15. The predicted molar refractivity (Wildman–Crippen MR) is 99.7 cm³/mol. The summed E-state index contributed by atoms with van der Waals surface area (Å²) in [5, 5.41) is 0. The number of halogens is 2. The van der Waals surface area contributed by atoms with E-state index >= 15 is 0 Å². The van der Waals surface area contributed by atoms with Gasteiger partial charge in [-0.2, -0.15) is 8.78 Å². The molecule has 0 aliphatic rings. The Bertz CT molecular complexity index is 867. The molecule has 0 unspecified atom stereocenters. The molecule has 6 nitrogen and oxygen atoms in total. The third-order valence-electron chi connectivity index (χ3n) is 3.52. The molecule has 0 spiro atoms. The maximum atomic E-state index is 12.5. The Balaban J connectivity index is 1.91. The van der Waals surface area contributed by atoms with Crippen molar-refractivity contribution in [3.8, 4) is 5.75 Å². The van der Waals surface area contributed by atoms with Gasteiger partial charge in [0.15, 0.2) is 0 Å². The Morgan fingerprint density at radius 2 is 1.89 bits per heavy atom. The number of hydrogen-bond donors (Lipinski definition) is 1. The zero-order chi connectivity index (χ0) is 20.0. The van der Waals surface area contributed by atoms with Crippen LogP contribution in [-0.2, 0) is 23.0 Å². The van der Waals surface area contributed by atoms with Gasteiger partial charge in [-0.15, -0.1) is 11.3 Å². The molecule has 0 saturated carbocycles. The summed E-state index contributed by atoms with van der Waals surface area (Å²) in [5.74, 6) is -0.108. The van der Waals surface area contributed by atoms with Crippen molar-refractivity contribution in [2.45, 2.75) is 19.6 Å². The Kier molecular flexibility index (Phi) is 7.28. The third-order valence-corrected chi connectivity index (χ3v) is 5.38. The van der Waals surface area contributed by atoms with Crippen LogP contribution in [-0.4, -0.2) is 45.7 Å². The van der Waals surface area contributed by atoms with E-state index < -0.39 is 16.6 Å². The van der Waals surface area contributed by atoms with Crippen LogP contribution in [0.5, 0.6) is 5.75 Å². The normalized spacial score (nSPS) is 11.6. The standard InChI is InChI=1S/C17H20F2N2O4S2/c1-21(11-12-3-5-13(6-4-12)25-17(18)19)16(22)15-8-7-14(26-15)9-10-20-27(2,23)24/h3-8,17,20H,9-11H2,1-2H3. The number of amides is 1. The molecular formula is C17H20F2N2O4S2. The summed E-state index contributed by atoms with van der Waals surface area (Å²) in [7, 11) is -1.58. The van der Waals surface area contributed by atoms with Crippen molar-refractivity contribution in [1.82, 2.24) is 9.62 Å². The number of ether oxygens (including phenoxy) is 1. The average molecular weight is 418 g/mol. The Hall–Kier alpha value is -2.04. The molecule has 1 aromatic carbocycles. The summed E-state index contributed by atoms with van der Waals surface area (Å²) in [5.41, 5.74) is 0.779. The zero-order valence-electron chi connectivity index (χ0n) is 14.8. The number of hydrogen-bond acceptors (Lipinski definition) is 5. The second-order valence-corrected chi connectivity index (χ2v) is 8.87. The van der Waals surface area contributed by atoms with Crippen LogP contribution >= 0.6 is 11.3 Å². The van der Waals surface area contributed by atoms with Crippen LogP contribution in [0.25, 0.3) is 0 Å². The SMILES string of the molecule is CN(Cc1ccc(OC(F)F)cc1)C(=O)c1ccc(CCNS(C)(=O)=O)s1. The Morgan fingerprint density at radius 3 is 2.48 bits per heavy atom. The van der Waals surface area contributed by atoms with Crippen molar-refractivity contribution in [3.05, 3.63) is 51.7 Å². The molecule has 0 aliphatic heterocycles. The molecule has 0 bridgehead atoms. The van der Waals surface area contributed by atoms with Gasteiger partial charge >= 0.3 is 6.61 Å². The molecule has 1 amide bonds. The maximum absolute atomic E-state index is 12.5. The Morgan fingerprint density at radius 1 is 1.22 bits per heavy atom. The van der Waals surface area contributed by atoms with Gasteiger partial charge in [-0.05, 0) is 36.2 Å². The van der Waals surface area contributed by atoms with E-state index in [1.54, 1.807) is 31.3 Å². The maximum Gasteiger partial charge on any atom is 0.387 e. The van der Waals surface area contributed by atoms with Crippen molar-refractivity contribution in [3.63, 3.8) is 0 Å². The lowest BCUT2D eigenvalue weighted by Gasteiger charge is -2.16. The summed E-state index contributed by atoms with van der Waals surface area (Å²) in [6.45, 7) is -2.28. The van der Waals surface area contributed by atoms with Crippen molar-refractivity contribution < 1.29 is 26.7 Å². The molecule has 0 saturated heterocycles. The number of alkyl halides is 2. The molecule has 27 heavy (non-hydrogen) atoms. The topological polar surface area (TPSA) is 75.7 Å². The first-order valence-corrected chi connectivity index (χ1v) is 10.7. The summed E-state index contributed by atoms with van der Waals surface area (Å²) in [6, 6.07) is 9.61. The zero-order valence-corrected chi connectivity index (χ0v) is 16.4. The average Bonchev–Trinajstić information content (AvgIpc) is 3.03. The molecule has 1 N–H and O–H groups in total. The lowest BCUT2D eigenvalue weighted by molar-refractivity contribution is -0.0498. The quantitative estimate of drug-likeness (QED) is 0.679. The first-order valence-electron chi connectivity index (χ1n) is 7.96. The minimum atomic E-state index is -3.23. The molecule has 2 rings (SSSR count). The van der Waals surface area contributed by atoms with Gasteiger partial charge in [0.1, 0.15) is 5.75 Å². The van der Waals surface area contributed by atoms with E-state index in [1.807, 2.05) is 0 Å². The summed E-state index contributed by atoms with van der Waals surface area (Å²) in [4.78, 5) is 15.5. The summed E-state index contributed by atoms with van der Waals surface area (Å²) >= 11 is 1.31. The van der Waals surface area contributed by atoms with E-state index in [0.29, 0.717) is 17.8 Å². The summed E-state index contributed by atoms with van der Waals surface area (Å²) < 4.78 is 53.1. The molecule has 0 fully saturated rings. The highest BCUT2D eigenvalue weighted by Crippen LogP contribution is 2.20. The van der Waals surface area contributed by atoms with Crippen LogP contribution in [0, 0.1) is 0 Å². The van der Waals surface area contributed by atoms with Gasteiger partial charge in [0.2, 0.25) is 10.0 Å². The molecule has 0 radical (unpaired) electrons. The first-order chi connectivity index (χ1) is 12.6. The fraction of sp³-hybridized carbons (Fsp3) is 0.353. The number of carbonyl (C=O) groups is 1. The van der Waals surface area contributed by atoms with E-state index in [1.165, 1.54) is 28.4 Å². The van der Waals surface area contributed by atoms with Crippen molar-refractivity contribution in [1.29, 1.82) is 0 Å². The fourth-order valence-corrected chi connectivity index (χ4v) is 3.77. The lowest BCUT2D eigenvalue weighted by atomic mass is 10.2. The van der Waals surface area contributed by atoms with Gasteiger partial charge in [-0.1, -0.05) is 12.1 Å². The molecule has 1 aromatic heterocycles. The van der Waals surface area contributed by atoms with Gasteiger partial charge in [0.05, 0.1) is 11.1 Å². The summed E-state index contributed by atoms with van der Waals surface area (Å²) in [6.07, 6.45) is 1.60. The number of sulfonamides is 1. The van der Waals surface area contributed by atoms with Crippen LogP contribution in [0.2, 0.25) is 0 Å². The van der Waals surface area contributed by atoms with Crippen LogP contribution < -0.4 is 9.46 Å². The molecule has 0 atom stereocenters. The lowest BCUT2D eigenvalue weighted by Crippen LogP contribution is -2.25. The minimum absolute atomic E-state index is 0.0633. The second-order valence-electron chi connectivity index (χ2n) is 5.87. The van der Waals surface area contributed by atoms with Gasteiger partial charge < -0.3 is 9.64 Å². The van der Waals surface area contributed by atoms with Gasteiger partial charge in [0, 0.05) is 25.0 Å². The van der Waals surface area contributed by atoms with Gasteiger partial charge in [-0.3, -0.25) is 4.79 Å². The fourth-order valence-electron chi connectivity index (χ4n) is 2.30. The molecular weight excluding hydrogens is 398 g/mol. The highest BCUT2D eigenvalue weighted by molar-refractivity contribution is 7.88. The predicted octanol–water partition coefficient (Wildman–Crippen LogP) is 2.71. The van der Waals surface area contributed by atoms with Gasteiger partial charge in [0.25, 0.3) is 5.91 Å². The number of nitrogens with one attached hydrogen (secondary N) is 1. The van der Waals surface area contributed by atoms with E-state index in [-0.39, 0.29) is 18.2 Å². The molecule has 1 heterocycles. The smallest absolute Gasteiger partial charge is 0.387 e. The molecule has 10 heteroatoms. The van der Waals surface area contributed by atoms with E-state index in [2.05, 4.69) is 9.46 Å². The first kappa shape index (κ1) is 21.3. The number of carbonyl (C=O) groups excluding carboxylic acids is 1. The molecule has 148 valence electrons. The Labute approximate surface area is 160 Å². The van der Waals surface area contributed by atoms with E-state index in [0.717, 1.165) is 16.7 Å². The third kappa shape index (κ3) is 7.24. The van der Waals surface area contributed by atoms with Gasteiger partial charge in [-0.25, -0.2) is 13.1 Å². The van der Waals surface area contributed by atoms with Crippen molar-refractivity contribution in [2.75, 3.05) is 19.8 Å². The number of benzene rings is 1. The van der Waals surface area contributed by atoms with Crippen LogP contribution in [0.4, 0.5) is 8.78 Å². The van der Waals surface area contributed by atoms with Crippen LogP contribution in [0.1, 0.15) is 20.1 Å². The minimum Gasteiger partial charge on any atom is -0.435 e. The van der Waals surface area contributed by atoms with E-state index in [4.69, 9.17) is 0 Å². The monoisotopic (exact) mass is 418 g/mol. The largest absolute Gasteiger partial charge is 0.435 e. The molecule has 2 aromatic rings. The molecule has 0 aliphatic carbocycles. The van der Waals surface area contributed by atoms with Crippen molar-refractivity contribution >= 4 is 27.3 Å². The second kappa shape index (κ2) is 9.25. The number of thiophene rings is 1. The van der Waals surface area contributed by atoms with Crippen LogP contribution in [0.3, 0.4) is 0 Å². The van der Waals surface area contributed by atoms with Crippen LogP contribution in [0.15, 0.2) is 36.4 Å². The van der Waals surface area contributed by atoms with Crippen molar-refractivity contribution in [2.24, 2.45) is 0 Å². The number of rotatable bonds is 9. The van der Waals surface area contributed by atoms with E-state index in [9.17, 15) is 22.0 Å². The number of nitrogens with zero attached hydrogens (tertiary/aromatic N) is 1. The highest BCUT2D eigenvalue weighted by atomic mass is 32.2.